The van der Waals surface area contributed by atoms with E-state index in [1.54, 1.807) is 0 Å². The van der Waals surface area contributed by atoms with Crippen molar-refractivity contribution in [3.8, 4) is 0 Å². The molecule has 1 rings (SSSR count). The predicted octanol–water partition coefficient (Wildman–Crippen LogP) is 6.80. The third-order valence-electron chi connectivity index (χ3n) is 4.82. The summed E-state index contributed by atoms with van der Waals surface area (Å²) in [4.78, 5) is 0. The summed E-state index contributed by atoms with van der Waals surface area (Å²) < 4.78 is 27.9. The lowest BCUT2D eigenvalue weighted by atomic mass is 9.98. The Morgan fingerprint density at radius 1 is 0.800 bits per heavy atom. The smallest absolute Gasteiger partial charge is 0.161 e. The lowest BCUT2D eigenvalue weighted by Crippen LogP contribution is -2.31. The van der Waals surface area contributed by atoms with Gasteiger partial charge < -0.3 is 0 Å². The van der Waals surface area contributed by atoms with Crippen molar-refractivity contribution in [2.75, 3.05) is 0 Å². The van der Waals surface area contributed by atoms with Crippen LogP contribution < -0.4 is 0 Å². The molecule has 0 saturated heterocycles. The Kier molecular flexibility index (Phi) is 11.7. The van der Waals surface area contributed by atoms with Crippen molar-refractivity contribution in [2.24, 2.45) is 0 Å². The molecule has 3 unspecified atom stereocenters. The Morgan fingerprint density at radius 3 is 2.00 bits per heavy atom. The highest BCUT2D eigenvalue weighted by atomic mass is 19.2. The Morgan fingerprint density at radius 2 is 1.36 bits per heavy atom. The highest BCUT2D eigenvalue weighted by molar-refractivity contribution is 5.23. The maximum Gasteiger partial charge on any atom is 0.161 e. The maximum atomic E-state index is 14.0. The van der Waals surface area contributed by atoms with Crippen molar-refractivity contribution in [2.45, 2.75) is 103 Å². The lowest BCUT2D eigenvalue weighted by molar-refractivity contribution is -0.0233. The van der Waals surface area contributed by atoms with Crippen LogP contribution in [0.2, 0.25) is 0 Å². The second-order valence-corrected chi connectivity index (χ2v) is 7.18. The molecule has 0 aliphatic heterocycles. The number of hydrogen-bond donors (Lipinski definition) is 0. The van der Waals surface area contributed by atoms with E-state index in [9.17, 15) is 13.9 Å². The second-order valence-electron chi connectivity index (χ2n) is 7.18. The molecular formula is C22H35F2O. The van der Waals surface area contributed by atoms with Crippen molar-refractivity contribution < 1.29 is 13.9 Å². The Hall–Kier alpha value is -0.960. The number of halogens is 2. The van der Waals surface area contributed by atoms with Gasteiger partial charge in [0.25, 0.3) is 0 Å². The highest BCUT2D eigenvalue weighted by Gasteiger charge is 2.29. The van der Waals surface area contributed by atoms with Crippen LogP contribution in [0.3, 0.4) is 0 Å². The van der Waals surface area contributed by atoms with E-state index in [0.29, 0.717) is 6.42 Å². The Bertz CT molecular complexity index is 432. The van der Waals surface area contributed by atoms with E-state index >= 15 is 0 Å². The SMILES string of the molecule is CCCCCCCCc1ccc(CC(F)C(F)C([O])CCCC)cc1. The van der Waals surface area contributed by atoms with Gasteiger partial charge in [-0.3, -0.25) is 0 Å². The molecule has 0 aromatic heterocycles. The fraction of sp³-hybridized carbons (Fsp3) is 0.727. The number of rotatable bonds is 14. The molecule has 0 heterocycles. The van der Waals surface area contributed by atoms with Gasteiger partial charge in [0.15, 0.2) is 6.17 Å². The molecule has 0 aliphatic rings. The first-order valence-corrected chi connectivity index (χ1v) is 10.1. The van der Waals surface area contributed by atoms with Crippen LogP contribution in [0.4, 0.5) is 8.78 Å². The number of aryl methyl sites for hydroxylation is 1. The van der Waals surface area contributed by atoms with Gasteiger partial charge in [0, 0.05) is 6.42 Å². The molecule has 0 amide bonds. The molecule has 0 spiro atoms. The quantitative estimate of drug-likeness (QED) is 0.328. The number of hydrogen-bond acceptors (Lipinski definition) is 0. The third-order valence-corrected chi connectivity index (χ3v) is 4.82. The van der Waals surface area contributed by atoms with Gasteiger partial charge in [-0.1, -0.05) is 83.1 Å². The van der Waals surface area contributed by atoms with E-state index in [2.05, 4.69) is 6.92 Å². The van der Waals surface area contributed by atoms with Gasteiger partial charge >= 0.3 is 0 Å². The molecule has 1 aromatic rings. The van der Waals surface area contributed by atoms with Crippen LogP contribution in [0.15, 0.2) is 24.3 Å². The van der Waals surface area contributed by atoms with Gasteiger partial charge in [-0.05, 0) is 30.4 Å². The third kappa shape index (κ3) is 9.34. The summed E-state index contributed by atoms with van der Waals surface area (Å²) in [5, 5.41) is 11.7. The molecule has 25 heavy (non-hydrogen) atoms. The van der Waals surface area contributed by atoms with Crippen molar-refractivity contribution in [3.05, 3.63) is 35.4 Å². The molecule has 0 fully saturated rings. The summed E-state index contributed by atoms with van der Waals surface area (Å²) in [5.41, 5.74) is 2.01. The van der Waals surface area contributed by atoms with Crippen LogP contribution in [0.25, 0.3) is 0 Å². The zero-order valence-electron chi connectivity index (χ0n) is 16.0. The molecule has 3 atom stereocenters. The van der Waals surface area contributed by atoms with Crippen LogP contribution >= 0.6 is 0 Å². The number of benzene rings is 1. The Labute approximate surface area is 152 Å². The van der Waals surface area contributed by atoms with Crippen molar-refractivity contribution in [3.63, 3.8) is 0 Å². The first kappa shape index (κ1) is 22.1. The number of unbranched alkanes of at least 4 members (excludes halogenated alkanes) is 6. The minimum absolute atomic E-state index is 0.0106. The maximum absolute atomic E-state index is 14.0. The molecule has 3 heteroatoms. The molecule has 1 aromatic carbocycles. The monoisotopic (exact) mass is 353 g/mol. The van der Waals surface area contributed by atoms with E-state index in [4.69, 9.17) is 0 Å². The normalized spacial score (nSPS) is 15.1. The predicted molar refractivity (Wildman–Crippen MR) is 101 cm³/mol. The summed E-state index contributed by atoms with van der Waals surface area (Å²) in [6, 6.07) is 7.76. The zero-order valence-corrected chi connectivity index (χ0v) is 16.0. The molecule has 1 radical (unpaired) electrons. The fourth-order valence-corrected chi connectivity index (χ4v) is 3.09. The van der Waals surface area contributed by atoms with E-state index in [1.165, 1.54) is 44.1 Å². The van der Waals surface area contributed by atoms with Crippen molar-refractivity contribution in [1.29, 1.82) is 0 Å². The van der Waals surface area contributed by atoms with E-state index in [0.717, 1.165) is 18.4 Å². The van der Waals surface area contributed by atoms with Crippen LogP contribution in [0, 0.1) is 0 Å². The minimum Gasteiger partial charge on any atom is -0.244 e. The van der Waals surface area contributed by atoms with Gasteiger partial charge in [0.2, 0.25) is 0 Å². The summed E-state index contributed by atoms with van der Waals surface area (Å²) in [6.45, 7) is 4.16. The van der Waals surface area contributed by atoms with E-state index in [-0.39, 0.29) is 12.8 Å². The standard InChI is InChI=1S/C22H35F2O/c1-3-5-7-8-9-10-11-18-13-15-19(16-14-18)17-20(23)22(24)21(25)12-6-4-2/h13-16,20-22H,3-12,17H2,1-2H3. The van der Waals surface area contributed by atoms with Gasteiger partial charge in [-0.2, -0.15) is 0 Å². The summed E-state index contributed by atoms with van der Waals surface area (Å²) in [6.07, 6.45) is 5.31. The molecule has 0 N–H and O–H groups in total. The zero-order chi connectivity index (χ0) is 18.5. The van der Waals surface area contributed by atoms with Crippen LogP contribution in [-0.4, -0.2) is 18.4 Å². The van der Waals surface area contributed by atoms with E-state index < -0.39 is 18.4 Å². The van der Waals surface area contributed by atoms with Gasteiger partial charge in [0.1, 0.15) is 12.3 Å². The molecule has 0 aliphatic carbocycles. The first-order chi connectivity index (χ1) is 12.1. The molecule has 0 bridgehead atoms. The van der Waals surface area contributed by atoms with Crippen LogP contribution in [-0.2, 0) is 17.9 Å². The summed E-state index contributed by atoms with van der Waals surface area (Å²) in [5.74, 6) is 0. The van der Waals surface area contributed by atoms with Gasteiger partial charge in [-0.15, -0.1) is 0 Å². The fourth-order valence-electron chi connectivity index (χ4n) is 3.09. The molecule has 1 nitrogen and oxygen atoms in total. The molecule has 143 valence electrons. The first-order valence-electron chi connectivity index (χ1n) is 10.1. The average molecular weight is 354 g/mol. The molecular weight excluding hydrogens is 318 g/mol. The largest absolute Gasteiger partial charge is 0.244 e. The minimum atomic E-state index is -1.91. The van der Waals surface area contributed by atoms with Crippen molar-refractivity contribution >= 4 is 0 Å². The Balaban J connectivity index is 2.33. The van der Waals surface area contributed by atoms with Crippen molar-refractivity contribution in [1.82, 2.24) is 0 Å². The summed E-state index contributed by atoms with van der Waals surface area (Å²) in [7, 11) is 0. The van der Waals surface area contributed by atoms with Crippen LogP contribution in [0.1, 0.15) is 82.8 Å². The van der Waals surface area contributed by atoms with Gasteiger partial charge in [-0.25, -0.2) is 13.9 Å². The second kappa shape index (κ2) is 13.3. The van der Waals surface area contributed by atoms with Crippen LogP contribution in [0.5, 0.6) is 0 Å². The highest BCUT2D eigenvalue weighted by Crippen LogP contribution is 2.19. The number of alkyl halides is 2. The van der Waals surface area contributed by atoms with Gasteiger partial charge in [0.05, 0.1) is 0 Å². The topological polar surface area (TPSA) is 19.9 Å². The lowest BCUT2D eigenvalue weighted by Gasteiger charge is -2.17. The average Bonchev–Trinajstić information content (AvgIpc) is 2.63. The summed E-state index contributed by atoms with van der Waals surface area (Å²) >= 11 is 0. The van der Waals surface area contributed by atoms with E-state index in [1.807, 2.05) is 31.2 Å². The molecule has 0 saturated carbocycles.